The molecule has 0 amide bonds. The van der Waals surface area contributed by atoms with Gasteiger partial charge in [0.1, 0.15) is 0 Å². The largest absolute Gasteiger partial charge is 0.311 e. The fourth-order valence-electron chi connectivity index (χ4n) is 18.0. The standard InChI is InChI=1S/C71H87BN2S/c1-41-27-45(64(2,3)4)17-20-56(41)74-57-36-53-52(68(11,12)24-25-69(53,13)14)35-55(57)72-61-58(31-46(32-59(61)74)71-38-42-28-43(39-71)30-44(29-42)40-71)73(47-18-19-49-50(33-47)66(7,8)22-21-65(49,5)6)62-48-34-51-54(37-60(48)75-63(62)72)70(15,16)26-23-67(51,9)10/h17-20,27,31-37,42-44H,21-26,28-30,38-40H2,1-16H3. The molecule has 2 nitrogen and oxygen atoms in total. The Kier molecular flexibility index (Phi) is 10.0. The predicted molar refractivity (Wildman–Crippen MR) is 325 cm³/mol. The minimum Gasteiger partial charge on any atom is -0.311 e. The number of aryl methyl sites for hydroxylation is 1. The fourth-order valence-corrected chi connectivity index (χ4v) is 19.3. The number of hydrogen-bond donors (Lipinski definition) is 0. The van der Waals surface area contributed by atoms with E-state index in [0.717, 1.165) is 17.8 Å². The Bertz CT molecular complexity index is 3420. The number of hydrogen-bond acceptors (Lipinski definition) is 3. The van der Waals surface area contributed by atoms with Crippen LogP contribution in [0.15, 0.2) is 72.8 Å². The Hall–Kier alpha value is -4.28. The quantitative estimate of drug-likeness (QED) is 0.163. The molecule has 5 aromatic carbocycles. The van der Waals surface area contributed by atoms with Crippen molar-refractivity contribution in [1.29, 1.82) is 0 Å². The Labute approximate surface area is 457 Å². The number of nitrogens with zero attached hydrogens (tertiary/aromatic N) is 2. The lowest BCUT2D eigenvalue weighted by Gasteiger charge is -2.57. The van der Waals surface area contributed by atoms with Crippen LogP contribution in [0.1, 0.15) is 231 Å². The van der Waals surface area contributed by atoms with E-state index < -0.39 is 0 Å². The first-order valence-corrected chi connectivity index (χ1v) is 30.7. The van der Waals surface area contributed by atoms with Crippen LogP contribution in [0, 0.1) is 24.7 Å². The first-order valence-electron chi connectivity index (χ1n) is 29.9. The van der Waals surface area contributed by atoms with E-state index in [0.29, 0.717) is 0 Å². The Morgan fingerprint density at radius 2 is 0.987 bits per heavy atom. The molecule has 7 aliphatic carbocycles. The molecular weight excluding hydrogens is 924 g/mol. The number of fused-ring (bicyclic) bond motifs is 9. The molecule has 390 valence electrons. The molecule has 0 radical (unpaired) electrons. The van der Waals surface area contributed by atoms with Crippen molar-refractivity contribution in [2.24, 2.45) is 17.8 Å². The first kappa shape index (κ1) is 49.1. The molecule has 2 aliphatic heterocycles. The van der Waals surface area contributed by atoms with Gasteiger partial charge in [0.05, 0.1) is 5.69 Å². The number of rotatable bonds is 3. The van der Waals surface area contributed by atoms with Crippen LogP contribution in [0.4, 0.5) is 34.1 Å². The lowest BCUT2D eigenvalue weighted by Crippen LogP contribution is -2.61. The molecule has 15 rings (SSSR count). The van der Waals surface area contributed by atoms with Gasteiger partial charge in [-0.3, -0.25) is 0 Å². The van der Waals surface area contributed by atoms with Gasteiger partial charge in [0.25, 0.3) is 6.71 Å². The highest BCUT2D eigenvalue weighted by molar-refractivity contribution is 7.33. The summed E-state index contributed by atoms with van der Waals surface area (Å²) in [4.78, 5) is 5.73. The van der Waals surface area contributed by atoms with E-state index >= 15 is 0 Å². The average molecular weight is 1010 g/mol. The Balaban J connectivity index is 1.14. The van der Waals surface area contributed by atoms with E-state index in [4.69, 9.17) is 0 Å². The van der Waals surface area contributed by atoms with Crippen LogP contribution in [-0.2, 0) is 43.3 Å². The van der Waals surface area contributed by atoms with E-state index in [-0.39, 0.29) is 50.0 Å². The molecule has 6 aromatic rings. The van der Waals surface area contributed by atoms with E-state index in [9.17, 15) is 0 Å². The highest BCUT2D eigenvalue weighted by Gasteiger charge is 2.55. The van der Waals surface area contributed by atoms with Gasteiger partial charge in [0, 0.05) is 43.3 Å². The van der Waals surface area contributed by atoms with Crippen molar-refractivity contribution in [3.63, 3.8) is 0 Å². The van der Waals surface area contributed by atoms with Gasteiger partial charge in [0.15, 0.2) is 0 Å². The second-order valence-corrected chi connectivity index (χ2v) is 32.8. The van der Waals surface area contributed by atoms with E-state index in [2.05, 4.69) is 205 Å². The van der Waals surface area contributed by atoms with Crippen LogP contribution in [0.5, 0.6) is 0 Å². The van der Waals surface area contributed by atoms with Crippen molar-refractivity contribution < 1.29 is 0 Å². The third kappa shape index (κ3) is 7.00. The van der Waals surface area contributed by atoms with Gasteiger partial charge in [0.2, 0.25) is 0 Å². The van der Waals surface area contributed by atoms with Gasteiger partial charge in [-0.25, -0.2) is 0 Å². The average Bonchev–Trinajstić information content (AvgIpc) is 3.79. The minimum atomic E-state index is 0.0564. The number of benzene rings is 5. The van der Waals surface area contributed by atoms with Crippen LogP contribution in [0.2, 0.25) is 0 Å². The summed E-state index contributed by atoms with van der Waals surface area (Å²) >= 11 is 2.14. The van der Waals surface area contributed by atoms with Crippen molar-refractivity contribution in [2.45, 2.75) is 231 Å². The number of anilines is 6. The fraction of sp³-hybridized carbons (Fsp3) is 0.549. The van der Waals surface area contributed by atoms with E-state index in [1.54, 1.807) is 38.9 Å². The highest BCUT2D eigenvalue weighted by atomic mass is 32.1. The molecule has 4 bridgehead atoms. The summed E-state index contributed by atoms with van der Waals surface area (Å²) in [5, 5.41) is 1.46. The van der Waals surface area contributed by atoms with Crippen LogP contribution in [0.25, 0.3) is 10.1 Å². The molecule has 0 unspecified atom stereocenters. The van der Waals surface area contributed by atoms with Crippen molar-refractivity contribution in [3.8, 4) is 0 Å². The van der Waals surface area contributed by atoms with Gasteiger partial charge >= 0.3 is 0 Å². The van der Waals surface area contributed by atoms with Crippen molar-refractivity contribution >= 4 is 78.0 Å². The molecular formula is C71H87BN2S. The van der Waals surface area contributed by atoms with Gasteiger partial charge in [-0.05, 0) is 255 Å². The molecule has 0 spiro atoms. The molecule has 4 saturated carbocycles. The molecule has 4 heteroatoms. The molecule has 0 atom stereocenters. The minimum absolute atomic E-state index is 0.0564. The maximum absolute atomic E-state index is 2.89. The normalized spacial score (nSPS) is 27.3. The first-order chi connectivity index (χ1) is 35.1. The van der Waals surface area contributed by atoms with Gasteiger partial charge in [-0.1, -0.05) is 128 Å². The summed E-state index contributed by atoms with van der Waals surface area (Å²) in [6, 6.07) is 32.0. The molecule has 0 N–H and O–H groups in total. The smallest absolute Gasteiger partial charge is 0.264 e. The zero-order chi connectivity index (χ0) is 52.7. The van der Waals surface area contributed by atoms with Crippen molar-refractivity contribution in [3.05, 3.63) is 123 Å². The Morgan fingerprint density at radius 3 is 1.53 bits per heavy atom. The van der Waals surface area contributed by atoms with Gasteiger partial charge in [-0.15, -0.1) is 11.3 Å². The molecule has 9 aliphatic rings. The summed E-state index contributed by atoms with van der Waals surface area (Å²) in [6.45, 7) is 40.0. The van der Waals surface area contributed by atoms with Crippen molar-refractivity contribution in [1.82, 2.24) is 0 Å². The maximum Gasteiger partial charge on any atom is 0.264 e. The Morgan fingerprint density at radius 1 is 0.493 bits per heavy atom. The van der Waals surface area contributed by atoms with Crippen LogP contribution >= 0.6 is 11.3 Å². The summed E-state index contributed by atoms with van der Waals surface area (Å²) < 4.78 is 2.99. The molecule has 1 aromatic heterocycles. The topological polar surface area (TPSA) is 6.48 Å². The van der Waals surface area contributed by atoms with Gasteiger partial charge in [-0.2, -0.15) is 0 Å². The lowest BCUT2D eigenvalue weighted by atomic mass is 9.35. The SMILES string of the molecule is Cc1cc(C(C)(C)C)ccc1N1c2cc3c(cc2B2c4sc5cc6c(cc5c4N(c4ccc5c(c4)C(C)(C)CCC5(C)C)c4cc(C57CC8CC(CC(C8)C5)C7)cc1c42)C(C)(C)CCC6(C)C)C(C)(C)CCC3(C)C. The van der Waals surface area contributed by atoms with E-state index in [1.807, 2.05) is 0 Å². The second-order valence-electron chi connectivity index (χ2n) is 31.7. The summed E-state index contributed by atoms with van der Waals surface area (Å²) in [7, 11) is 0. The maximum atomic E-state index is 2.89. The second kappa shape index (κ2) is 15.3. The third-order valence-corrected chi connectivity index (χ3v) is 23.9. The number of thiophene rings is 1. The third-order valence-electron chi connectivity index (χ3n) is 22.7. The predicted octanol–water partition coefficient (Wildman–Crippen LogP) is 18.1. The van der Waals surface area contributed by atoms with Crippen molar-refractivity contribution in [2.75, 3.05) is 9.80 Å². The summed E-state index contributed by atoms with van der Waals surface area (Å²) in [6.07, 6.45) is 15.6. The van der Waals surface area contributed by atoms with Crippen LogP contribution < -0.4 is 25.5 Å². The van der Waals surface area contributed by atoms with Crippen LogP contribution in [-0.4, -0.2) is 6.71 Å². The molecule has 3 heterocycles. The van der Waals surface area contributed by atoms with Gasteiger partial charge < -0.3 is 9.80 Å². The molecule has 0 saturated heterocycles. The van der Waals surface area contributed by atoms with Crippen LogP contribution in [0.3, 0.4) is 0 Å². The zero-order valence-corrected chi connectivity index (χ0v) is 49.8. The van der Waals surface area contributed by atoms with E-state index in [1.165, 1.54) is 148 Å². The summed E-state index contributed by atoms with van der Waals surface area (Å²) in [5.74, 6) is 2.56. The molecule has 75 heavy (non-hydrogen) atoms. The zero-order valence-electron chi connectivity index (χ0n) is 49.0. The monoisotopic (exact) mass is 1010 g/mol. The lowest BCUT2D eigenvalue weighted by molar-refractivity contribution is -0.00514. The highest BCUT2D eigenvalue weighted by Crippen LogP contribution is 2.63. The summed E-state index contributed by atoms with van der Waals surface area (Å²) in [5.41, 5.74) is 26.0. The molecule has 4 fully saturated rings.